The van der Waals surface area contributed by atoms with Crippen LogP contribution in [0.15, 0.2) is 116 Å². The number of nitrogens with zero attached hydrogens (tertiary/aromatic N) is 2. The Morgan fingerprint density at radius 1 is 0.594 bits per heavy atom. The van der Waals surface area contributed by atoms with Crippen LogP contribution in [0.1, 0.15) is 0 Å². The van der Waals surface area contributed by atoms with Gasteiger partial charge in [0.1, 0.15) is 0 Å². The second-order valence-electron chi connectivity index (χ2n) is 6.70. The predicted molar refractivity (Wildman–Crippen MR) is 122 cm³/mol. The zero-order chi connectivity index (χ0) is 21.3. The second kappa shape index (κ2) is 11.8. The van der Waals surface area contributed by atoms with Crippen molar-refractivity contribution in [2.45, 2.75) is 0 Å². The van der Waals surface area contributed by atoms with Crippen molar-refractivity contribution in [3.8, 4) is 33.6 Å². The average Bonchev–Trinajstić information content (AvgIpc) is 2.86. The largest absolute Gasteiger partial charge is 0.305 e. The van der Waals surface area contributed by atoms with Gasteiger partial charge in [-0.2, -0.15) is 0 Å². The minimum Gasteiger partial charge on any atom is -0.305 e. The first-order valence-electron chi connectivity index (χ1n) is 9.87. The van der Waals surface area contributed by atoms with E-state index in [9.17, 15) is 4.39 Å². The van der Waals surface area contributed by atoms with Crippen molar-refractivity contribution in [1.82, 2.24) is 9.97 Å². The molecule has 5 aromatic rings. The molecule has 0 N–H and O–H groups in total. The molecule has 159 valence electrons. The van der Waals surface area contributed by atoms with E-state index in [-0.39, 0.29) is 25.9 Å². The van der Waals surface area contributed by atoms with E-state index in [2.05, 4.69) is 22.1 Å². The maximum absolute atomic E-state index is 13.2. The summed E-state index contributed by atoms with van der Waals surface area (Å²) in [6, 6.07) is 38.3. The third kappa shape index (κ3) is 6.27. The van der Waals surface area contributed by atoms with Gasteiger partial charge in [-0.15, -0.1) is 65.7 Å². The van der Waals surface area contributed by atoms with Crippen molar-refractivity contribution >= 4 is 0 Å². The van der Waals surface area contributed by atoms with Crippen molar-refractivity contribution in [3.63, 3.8) is 0 Å². The van der Waals surface area contributed by atoms with Gasteiger partial charge in [-0.25, -0.2) is 4.39 Å². The monoisotopic (exact) mass is 595 g/mol. The van der Waals surface area contributed by atoms with E-state index < -0.39 is 0 Å². The molecular weight excluding hydrogens is 576 g/mol. The Labute approximate surface area is 201 Å². The van der Waals surface area contributed by atoms with Gasteiger partial charge in [-0.05, 0) is 34.6 Å². The third-order valence-electron chi connectivity index (χ3n) is 4.55. The first-order valence-corrected chi connectivity index (χ1v) is 9.87. The van der Waals surface area contributed by atoms with Gasteiger partial charge in [0.25, 0.3) is 0 Å². The summed E-state index contributed by atoms with van der Waals surface area (Å²) in [6.07, 6.45) is 3.52. The van der Waals surface area contributed by atoms with E-state index in [0.717, 1.165) is 28.1 Å². The molecule has 0 fully saturated rings. The van der Waals surface area contributed by atoms with Gasteiger partial charge in [-0.3, -0.25) is 0 Å². The fourth-order valence-electron chi connectivity index (χ4n) is 3.05. The molecule has 0 unspecified atom stereocenters. The Balaban J connectivity index is 0.000000193. The first kappa shape index (κ1) is 23.2. The van der Waals surface area contributed by atoms with Gasteiger partial charge in [0.2, 0.25) is 0 Å². The minimum absolute atomic E-state index is 0. The third-order valence-corrected chi connectivity index (χ3v) is 4.55. The number of rotatable bonds is 3. The Hall–Kier alpha value is -3.46. The van der Waals surface area contributed by atoms with Crippen LogP contribution >= 0.6 is 0 Å². The molecule has 5 rings (SSSR count). The van der Waals surface area contributed by atoms with Crippen LogP contribution in [0.5, 0.6) is 0 Å². The Morgan fingerprint density at radius 3 is 2.06 bits per heavy atom. The molecule has 0 aliphatic carbocycles. The first-order chi connectivity index (χ1) is 15.3. The Kier molecular flexibility index (Phi) is 8.56. The summed E-state index contributed by atoms with van der Waals surface area (Å²) in [5, 5.41) is 0. The molecule has 32 heavy (non-hydrogen) atoms. The van der Waals surface area contributed by atoms with Crippen LogP contribution in [-0.4, -0.2) is 9.97 Å². The van der Waals surface area contributed by atoms with Gasteiger partial charge in [0, 0.05) is 38.3 Å². The summed E-state index contributed by atoms with van der Waals surface area (Å²) < 4.78 is 13.2. The number of hydrogen-bond acceptors (Lipinski definition) is 2. The molecular formula is C28H19FIrN2-2. The van der Waals surface area contributed by atoms with Crippen molar-refractivity contribution in [2.24, 2.45) is 0 Å². The molecule has 1 radical (unpaired) electrons. The molecule has 2 aromatic heterocycles. The van der Waals surface area contributed by atoms with Crippen LogP contribution < -0.4 is 0 Å². The Bertz CT molecular complexity index is 1190. The van der Waals surface area contributed by atoms with E-state index in [1.54, 1.807) is 24.5 Å². The van der Waals surface area contributed by atoms with Crippen LogP contribution in [0.4, 0.5) is 4.39 Å². The van der Waals surface area contributed by atoms with Crippen LogP contribution in [0.2, 0.25) is 0 Å². The SMILES string of the molecule is Fc1[c-]c(-c2cc(-c3ccccc3)ccn2)ccc1.[Ir].[c-]1ccccc1-c1ccccn1. The van der Waals surface area contributed by atoms with E-state index in [0.29, 0.717) is 5.56 Å². The summed E-state index contributed by atoms with van der Waals surface area (Å²) >= 11 is 0. The molecule has 0 aliphatic heterocycles. The maximum atomic E-state index is 13.2. The summed E-state index contributed by atoms with van der Waals surface area (Å²) in [4.78, 5) is 8.50. The average molecular weight is 595 g/mol. The molecule has 0 saturated heterocycles. The van der Waals surface area contributed by atoms with E-state index >= 15 is 0 Å². The zero-order valence-corrected chi connectivity index (χ0v) is 19.5. The predicted octanol–water partition coefficient (Wildman–Crippen LogP) is 6.90. The number of aromatic nitrogens is 2. The standard InChI is InChI=1S/C17H11FN.C11H8N.Ir/c18-16-8-4-7-15(11-16)17-12-14(9-10-19-17)13-5-2-1-3-6-13;1-2-6-10(7-3-1)11-8-4-5-9-12-11;/h1-10,12H;1-6,8-9H;/q2*-1;. The van der Waals surface area contributed by atoms with Crippen LogP contribution in [0.3, 0.4) is 0 Å². The van der Waals surface area contributed by atoms with Gasteiger partial charge in [0.15, 0.2) is 0 Å². The molecule has 2 heterocycles. The smallest absolute Gasteiger partial charge is 0.0405 e. The van der Waals surface area contributed by atoms with Crippen molar-refractivity contribution in [2.75, 3.05) is 0 Å². The molecule has 4 heteroatoms. The van der Waals surface area contributed by atoms with E-state index in [1.807, 2.05) is 84.9 Å². The number of hydrogen-bond donors (Lipinski definition) is 0. The topological polar surface area (TPSA) is 25.8 Å². The number of benzene rings is 3. The molecule has 0 atom stereocenters. The summed E-state index contributed by atoms with van der Waals surface area (Å²) in [5.41, 5.74) is 5.57. The molecule has 3 aromatic carbocycles. The van der Waals surface area contributed by atoms with Crippen molar-refractivity contribution in [3.05, 3.63) is 133 Å². The van der Waals surface area contributed by atoms with E-state index in [1.165, 1.54) is 6.07 Å². The molecule has 0 bridgehead atoms. The fourth-order valence-corrected chi connectivity index (χ4v) is 3.05. The second-order valence-corrected chi connectivity index (χ2v) is 6.70. The van der Waals surface area contributed by atoms with Crippen molar-refractivity contribution in [1.29, 1.82) is 0 Å². The minimum atomic E-state index is -0.371. The van der Waals surface area contributed by atoms with Crippen LogP contribution in [0, 0.1) is 17.9 Å². The summed E-state index contributed by atoms with van der Waals surface area (Å²) in [6.45, 7) is 0. The number of halogens is 1. The van der Waals surface area contributed by atoms with Crippen molar-refractivity contribution < 1.29 is 24.5 Å². The quantitative estimate of drug-likeness (QED) is 0.213. The molecule has 2 nitrogen and oxygen atoms in total. The summed E-state index contributed by atoms with van der Waals surface area (Å²) in [5.74, 6) is -0.371. The normalized spacial score (nSPS) is 9.78. The molecule has 0 amide bonds. The van der Waals surface area contributed by atoms with Gasteiger partial charge in [-0.1, -0.05) is 48.5 Å². The van der Waals surface area contributed by atoms with Crippen LogP contribution in [0.25, 0.3) is 33.6 Å². The zero-order valence-electron chi connectivity index (χ0n) is 17.1. The molecule has 0 aliphatic rings. The van der Waals surface area contributed by atoms with Gasteiger partial charge < -0.3 is 9.97 Å². The number of pyridine rings is 2. The maximum Gasteiger partial charge on any atom is 0.0405 e. The van der Waals surface area contributed by atoms with E-state index in [4.69, 9.17) is 0 Å². The Morgan fingerprint density at radius 2 is 1.34 bits per heavy atom. The molecule has 0 spiro atoms. The summed E-state index contributed by atoms with van der Waals surface area (Å²) in [7, 11) is 0. The molecule has 0 saturated carbocycles. The van der Waals surface area contributed by atoms with Gasteiger partial charge in [0.05, 0.1) is 0 Å². The van der Waals surface area contributed by atoms with Gasteiger partial charge >= 0.3 is 0 Å². The van der Waals surface area contributed by atoms with Crippen LogP contribution in [-0.2, 0) is 20.1 Å². The fraction of sp³-hybridized carbons (Fsp3) is 0.